The van der Waals surface area contributed by atoms with Gasteiger partial charge in [-0.3, -0.25) is 9.59 Å². The van der Waals surface area contributed by atoms with E-state index in [0.717, 1.165) is 12.8 Å². The maximum atomic E-state index is 11.7. The number of hydrogen-bond donors (Lipinski definition) is 0. The molecule has 0 aromatic rings. The highest BCUT2D eigenvalue weighted by molar-refractivity contribution is 5.82. The Kier molecular flexibility index (Phi) is 4.77. The van der Waals surface area contributed by atoms with E-state index in [9.17, 15) is 9.59 Å². The van der Waals surface area contributed by atoms with Gasteiger partial charge in [0.2, 0.25) is 0 Å². The summed E-state index contributed by atoms with van der Waals surface area (Å²) >= 11 is 0. The van der Waals surface area contributed by atoms with E-state index in [1.165, 1.54) is 0 Å². The fourth-order valence-electron chi connectivity index (χ4n) is 2.31. The standard InChI is InChI=1S/C12H20O4/c1-4-15-11(13)9-6-8(3)7-10(9)12(14)16-5-2/h8-10H,4-7H2,1-3H3. The average molecular weight is 228 g/mol. The topological polar surface area (TPSA) is 52.6 Å². The van der Waals surface area contributed by atoms with Crippen LogP contribution in [0.4, 0.5) is 0 Å². The maximum absolute atomic E-state index is 11.7. The molecular formula is C12H20O4. The summed E-state index contributed by atoms with van der Waals surface area (Å²) in [5.74, 6) is -0.762. The molecule has 0 N–H and O–H groups in total. The van der Waals surface area contributed by atoms with Crippen LogP contribution in [0, 0.1) is 17.8 Å². The van der Waals surface area contributed by atoms with Crippen LogP contribution in [0.5, 0.6) is 0 Å². The van der Waals surface area contributed by atoms with Crippen molar-refractivity contribution in [2.75, 3.05) is 13.2 Å². The number of ether oxygens (including phenoxy) is 2. The average Bonchev–Trinajstić information content (AvgIpc) is 2.61. The van der Waals surface area contributed by atoms with Gasteiger partial charge in [-0.2, -0.15) is 0 Å². The van der Waals surface area contributed by atoms with Gasteiger partial charge in [-0.15, -0.1) is 0 Å². The van der Waals surface area contributed by atoms with Crippen LogP contribution < -0.4 is 0 Å². The highest BCUT2D eigenvalue weighted by Crippen LogP contribution is 2.37. The lowest BCUT2D eigenvalue weighted by Gasteiger charge is -2.16. The molecule has 4 heteroatoms. The molecule has 0 bridgehead atoms. The first kappa shape index (κ1) is 13.0. The minimum absolute atomic E-state index is 0.259. The summed E-state index contributed by atoms with van der Waals surface area (Å²) in [6.07, 6.45) is 1.45. The molecule has 0 spiro atoms. The van der Waals surface area contributed by atoms with Crippen molar-refractivity contribution < 1.29 is 19.1 Å². The lowest BCUT2D eigenvalue weighted by molar-refractivity contribution is -0.158. The molecule has 4 nitrogen and oxygen atoms in total. The third-order valence-electron chi connectivity index (χ3n) is 2.98. The quantitative estimate of drug-likeness (QED) is 0.688. The molecule has 0 radical (unpaired) electrons. The SMILES string of the molecule is CCOC(=O)C1CC(C)CC1C(=O)OCC. The maximum Gasteiger partial charge on any atom is 0.309 e. The van der Waals surface area contributed by atoms with Crippen LogP contribution >= 0.6 is 0 Å². The van der Waals surface area contributed by atoms with Crippen molar-refractivity contribution >= 4 is 11.9 Å². The van der Waals surface area contributed by atoms with Crippen LogP contribution in [0.15, 0.2) is 0 Å². The highest BCUT2D eigenvalue weighted by atomic mass is 16.5. The molecule has 1 aliphatic rings. The first-order chi connectivity index (χ1) is 7.60. The van der Waals surface area contributed by atoms with Gasteiger partial charge in [0.25, 0.3) is 0 Å². The molecule has 2 unspecified atom stereocenters. The predicted octanol–water partition coefficient (Wildman–Crippen LogP) is 1.77. The van der Waals surface area contributed by atoms with Gasteiger partial charge in [-0.05, 0) is 32.6 Å². The molecule has 0 saturated heterocycles. The van der Waals surface area contributed by atoms with E-state index in [4.69, 9.17) is 9.47 Å². The van der Waals surface area contributed by atoms with Gasteiger partial charge in [0, 0.05) is 0 Å². The second-order valence-electron chi connectivity index (χ2n) is 4.29. The summed E-state index contributed by atoms with van der Waals surface area (Å²) in [6.45, 7) is 6.31. The van der Waals surface area contributed by atoms with E-state index < -0.39 is 0 Å². The Morgan fingerprint density at radius 1 is 1.00 bits per heavy atom. The molecule has 0 aromatic heterocycles. The van der Waals surface area contributed by atoms with Gasteiger partial charge in [0.15, 0.2) is 0 Å². The van der Waals surface area contributed by atoms with Gasteiger partial charge in [0.05, 0.1) is 25.0 Å². The minimum Gasteiger partial charge on any atom is -0.466 e. The number of carbonyl (C=O) groups excluding carboxylic acids is 2. The van der Waals surface area contributed by atoms with E-state index in [0.29, 0.717) is 19.1 Å². The Labute approximate surface area is 96.3 Å². The Morgan fingerprint density at radius 3 is 1.69 bits per heavy atom. The molecule has 0 heterocycles. The third kappa shape index (κ3) is 2.97. The van der Waals surface area contributed by atoms with Crippen molar-refractivity contribution in [1.29, 1.82) is 0 Å². The van der Waals surface area contributed by atoms with E-state index in [2.05, 4.69) is 0 Å². The molecule has 0 aliphatic heterocycles. The fraction of sp³-hybridized carbons (Fsp3) is 0.833. The smallest absolute Gasteiger partial charge is 0.309 e. The third-order valence-corrected chi connectivity index (χ3v) is 2.98. The summed E-state index contributed by atoms with van der Waals surface area (Å²) < 4.78 is 9.97. The van der Waals surface area contributed by atoms with Crippen LogP contribution in [0.3, 0.4) is 0 Å². The largest absolute Gasteiger partial charge is 0.466 e. The molecule has 1 saturated carbocycles. The Morgan fingerprint density at radius 2 is 1.38 bits per heavy atom. The molecule has 92 valence electrons. The van der Waals surface area contributed by atoms with Crippen molar-refractivity contribution in [2.24, 2.45) is 17.8 Å². The van der Waals surface area contributed by atoms with Gasteiger partial charge < -0.3 is 9.47 Å². The summed E-state index contributed by atoms with van der Waals surface area (Å²) in [5.41, 5.74) is 0. The van der Waals surface area contributed by atoms with Gasteiger partial charge in [-0.25, -0.2) is 0 Å². The zero-order chi connectivity index (χ0) is 12.1. The molecule has 0 aromatic carbocycles. The monoisotopic (exact) mass is 228 g/mol. The number of esters is 2. The summed E-state index contributed by atoms with van der Waals surface area (Å²) in [4.78, 5) is 23.4. The van der Waals surface area contributed by atoms with Crippen molar-refractivity contribution in [3.63, 3.8) is 0 Å². The second-order valence-corrected chi connectivity index (χ2v) is 4.29. The normalized spacial score (nSPS) is 28.8. The summed E-state index contributed by atoms with van der Waals surface area (Å²) in [5, 5.41) is 0. The highest BCUT2D eigenvalue weighted by Gasteiger charge is 2.42. The van der Waals surface area contributed by atoms with E-state index in [1.54, 1.807) is 13.8 Å². The van der Waals surface area contributed by atoms with Crippen molar-refractivity contribution in [3.05, 3.63) is 0 Å². The molecule has 1 fully saturated rings. The van der Waals surface area contributed by atoms with E-state index in [-0.39, 0.29) is 23.8 Å². The van der Waals surface area contributed by atoms with Crippen LogP contribution in [0.25, 0.3) is 0 Å². The zero-order valence-corrected chi connectivity index (χ0v) is 10.2. The van der Waals surface area contributed by atoms with Crippen molar-refractivity contribution in [3.8, 4) is 0 Å². The number of carbonyl (C=O) groups is 2. The van der Waals surface area contributed by atoms with Gasteiger partial charge >= 0.3 is 11.9 Å². The Hall–Kier alpha value is -1.06. The zero-order valence-electron chi connectivity index (χ0n) is 10.2. The van der Waals surface area contributed by atoms with Gasteiger partial charge in [-0.1, -0.05) is 6.92 Å². The fourth-order valence-corrected chi connectivity index (χ4v) is 2.31. The first-order valence-corrected chi connectivity index (χ1v) is 5.93. The predicted molar refractivity (Wildman–Crippen MR) is 58.6 cm³/mol. The van der Waals surface area contributed by atoms with Crippen LogP contribution in [-0.2, 0) is 19.1 Å². The Bertz CT molecular complexity index is 236. The van der Waals surface area contributed by atoms with E-state index in [1.807, 2.05) is 6.92 Å². The molecule has 2 atom stereocenters. The van der Waals surface area contributed by atoms with Crippen LogP contribution in [0.2, 0.25) is 0 Å². The lowest BCUT2D eigenvalue weighted by Crippen LogP contribution is -2.28. The number of rotatable bonds is 4. The second kappa shape index (κ2) is 5.87. The molecule has 16 heavy (non-hydrogen) atoms. The first-order valence-electron chi connectivity index (χ1n) is 5.93. The summed E-state index contributed by atoms with van der Waals surface area (Å²) in [6, 6.07) is 0. The molecule has 0 amide bonds. The van der Waals surface area contributed by atoms with Crippen molar-refractivity contribution in [2.45, 2.75) is 33.6 Å². The molecular weight excluding hydrogens is 208 g/mol. The summed E-state index contributed by atoms with van der Waals surface area (Å²) in [7, 11) is 0. The lowest BCUT2D eigenvalue weighted by atomic mass is 9.96. The van der Waals surface area contributed by atoms with Crippen molar-refractivity contribution in [1.82, 2.24) is 0 Å². The van der Waals surface area contributed by atoms with Crippen LogP contribution in [0.1, 0.15) is 33.6 Å². The number of hydrogen-bond acceptors (Lipinski definition) is 4. The molecule has 1 rings (SSSR count). The minimum atomic E-state index is -0.311. The Balaban J connectivity index is 2.66. The van der Waals surface area contributed by atoms with Gasteiger partial charge in [0.1, 0.15) is 0 Å². The molecule has 1 aliphatic carbocycles. The van der Waals surface area contributed by atoms with Crippen LogP contribution in [-0.4, -0.2) is 25.2 Å². The van der Waals surface area contributed by atoms with E-state index >= 15 is 0 Å².